The van der Waals surface area contributed by atoms with Crippen LogP contribution in [0, 0.1) is 6.92 Å². The highest BCUT2D eigenvalue weighted by Crippen LogP contribution is 2.41. The van der Waals surface area contributed by atoms with Gasteiger partial charge in [0.2, 0.25) is 0 Å². The smallest absolute Gasteiger partial charge is 0.184 e. The lowest BCUT2D eigenvalue weighted by atomic mass is 9.97. The summed E-state index contributed by atoms with van der Waals surface area (Å²) >= 11 is 1.52. The van der Waals surface area contributed by atoms with Crippen LogP contribution in [0.2, 0.25) is 0 Å². The monoisotopic (exact) mass is 489 g/mol. The Hall–Kier alpha value is -2.84. The molecule has 8 heteroatoms. The second-order valence-corrected chi connectivity index (χ2v) is 9.78. The number of thioether (sulfide) groups is 1. The molecule has 0 amide bonds. The molecular weight excluding hydrogens is 462 g/mol. The van der Waals surface area contributed by atoms with Crippen LogP contribution < -0.4 is 0 Å². The van der Waals surface area contributed by atoms with Crippen molar-refractivity contribution in [1.82, 2.24) is 0 Å². The van der Waals surface area contributed by atoms with Crippen LogP contribution in [0.15, 0.2) is 94.9 Å². The number of hydrogen-bond acceptors (Lipinski definition) is 6. The van der Waals surface area contributed by atoms with E-state index in [1.165, 1.54) is 17.3 Å². The molecule has 7 nitrogen and oxygen atoms in total. The van der Waals surface area contributed by atoms with Crippen LogP contribution in [0.5, 0.6) is 0 Å². The number of ether oxygens (including phenoxy) is 4. The first-order chi connectivity index (χ1) is 17.2. The number of nitrogens with zero attached hydrogens (tertiary/aromatic N) is 3. The molecule has 2 heterocycles. The standard InChI is InChI=1S/C27H27N3O4S/c1-18-12-14-21(15-13-18)35-27-23(29-30-28)25(31-16-19-8-4-2-5-9-19)24-22(33-27)17-32-26(34-24)20-10-6-3-7-11-20/h2-15,22-27H,16-17H2,1H3/t22-,23-,24-,25-,26-,27?/m1/s1. The van der Waals surface area contributed by atoms with Crippen LogP contribution in [0.25, 0.3) is 10.4 Å². The Morgan fingerprint density at radius 3 is 2.40 bits per heavy atom. The zero-order valence-corrected chi connectivity index (χ0v) is 20.2. The van der Waals surface area contributed by atoms with Gasteiger partial charge in [0.1, 0.15) is 23.7 Å². The van der Waals surface area contributed by atoms with Crippen molar-refractivity contribution in [3.8, 4) is 0 Å². The summed E-state index contributed by atoms with van der Waals surface area (Å²) in [5.74, 6) is 0. The fourth-order valence-corrected chi connectivity index (χ4v) is 5.44. The van der Waals surface area contributed by atoms with Crippen LogP contribution in [0.1, 0.15) is 23.0 Å². The average Bonchev–Trinajstić information content (AvgIpc) is 2.90. The van der Waals surface area contributed by atoms with E-state index in [4.69, 9.17) is 18.9 Å². The maximum Gasteiger partial charge on any atom is 0.184 e. The van der Waals surface area contributed by atoms with Crippen molar-refractivity contribution < 1.29 is 18.9 Å². The summed E-state index contributed by atoms with van der Waals surface area (Å²) in [6.07, 6.45) is -1.87. The maximum absolute atomic E-state index is 9.44. The molecule has 0 bridgehead atoms. The molecule has 0 N–H and O–H groups in total. The van der Waals surface area contributed by atoms with E-state index in [-0.39, 0.29) is 6.10 Å². The first kappa shape index (κ1) is 23.9. The number of rotatable bonds is 7. The highest BCUT2D eigenvalue weighted by molar-refractivity contribution is 7.99. The molecule has 0 radical (unpaired) electrons. The van der Waals surface area contributed by atoms with Crippen molar-refractivity contribution in [1.29, 1.82) is 0 Å². The van der Waals surface area contributed by atoms with Gasteiger partial charge >= 0.3 is 0 Å². The normalized spacial score (nSPS) is 28.0. The number of fused-ring (bicyclic) bond motifs is 1. The zero-order valence-electron chi connectivity index (χ0n) is 19.3. The summed E-state index contributed by atoms with van der Waals surface area (Å²) in [5, 5.41) is 4.15. The van der Waals surface area contributed by atoms with Crippen molar-refractivity contribution in [3.05, 3.63) is 112 Å². The minimum Gasteiger partial charge on any atom is -0.370 e. The Balaban J connectivity index is 1.42. The lowest BCUT2D eigenvalue weighted by Gasteiger charge is -2.48. The summed E-state index contributed by atoms with van der Waals surface area (Å²) < 4.78 is 25.3. The molecule has 3 aromatic carbocycles. The Morgan fingerprint density at radius 1 is 0.971 bits per heavy atom. The molecule has 6 atom stereocenters. The summed E-state index contributed by atoms with van der Waals surface area (Å²) in [6, 6.07) is 27.3. The van der Waals surface area contributed by atoms with Gasteiger partial charge in [0.15, 0.2) is 6.29 Å². The van der Waals surface area contributed by atoms with E-state index in [1.54, 1.807) is 0 Å². The summed E-state index contributed by atoms with van der Waals surface area (Å²) in [5.41, 5.74) is 12.1. The van der Waals surface area contributed by atoms with E-state index in [1.807, 2.05) is 79.7 Å². The van der Waals surface area contributed by atoms with Gasteiger partial charge in [-0.1, -0.05) is 95.2 Å². The molecule has 0 aliphatic carbocycles. The van der Waals surface area contributed by atoms with Crippen molar-refractivity contribution in [2.75, 3.05) is 6.61 Å². The van der Waals surface area contributed by atoms with E-state index in [9.17, 15) is 5.53 Å². The molecule has 2 saturated heterocycles. The minimum atomic E-state index is -0.592. The quantitative estimate of drug-likeness (QED) is 0.224. The van der Waals surface area contributed by atoms with Gasteiger partial charge in [-0.05, 0) is 30.2 Å². The minimum absolute atomic E-state index is 0.351. The number of hydrogen-bond donors (Lipinski definition) is 0. The molecule has 180 valence electrons. The molecule has 2 aliphatic heterocycles. The van der Waals surface area contributed by atoms with Gasteiger partial charge < -0.3 is 18.9 Å². The molecule has 2 aliphatic rings. The first-order valence-electron chi connectivity index (χ1n) is 11.6. The van der Waals surface area contributed by atoms with Gasteiger partial charge in [-0.2, -0.15) is 0 Å². The van der Waals surface area contributed by atoms with Gasteiger partial charge in [0.05, 0.1) is 19.3 Å². The van der Waals surface area contributed by atoms with Crippen LogP contribution in [0.3, 0.4) is 0 Å². The molecule has 0 spiro atoms. The largest absolute Gasteiger partial charge is 0.370 e. The molecule has 1 unspecified atom stereocenters. The van der Waals surface area contributed by atoms with Crippen LogP contribution in [-0.2, 0) is 25.6 Å². The third kappa shape index (κ3) is 5.70. The van der Waals surface area contributed by atoms with Crippen LogP contribution in [-0.4, -0.2) is 36.4 Å². The second-order valence-electron chi connectivity index (χ2n) is 8.61. The molecular formula is C27H27N3O4S. The highest BCUT2D eigenvalue weighted by atomic mass is 32.2. The summed E-state index contributed by atoms with van der Waals surface area (Å²) in [4.78, 5) is 4.18. The first-order valence-corrected chi connectivity index (χ1v) is 12.5. The zero-order chi connectivity index (χ0) is 24.0. The van der Waals surface area contributed by atoms with Crippen LogP contribution in [0.4, 0.5) is 0 Å². The average molecular weight is 490 g/mol. The van der Waals surface area contributed by atoms with Crippen LogP contribution >= 0.6 is 11.8 Å². The van der Waals surface area contributed by atoms with E-state index in [0.717, 1.165) is 16.0 Å². The lowest BCUT2D eigenvalue weighted by molar-refractivity contribution is -0.311. The molecule has 35 heavy (non-hydrogen) atoms. The fraction of sp³-hybridized carbons (Fsp3) is 0.333. The number of benzene rings is 3. The van der Waals surface area contributed by atoms with E-state index < -0.39 is 30.0 Å². The third-order valence-electron chi connectivity index (χ3n) is 6.12. The van der Waals surface area contributed by atoms with Crippen molar-refractivity contribution in [3.63, 3.8) is 0 Å². The summed E-state index contributed by atoms with van der Waals surface area (Å²) in [7, 11) is 0. The third-order valence-corrected chi connectivity index (χ3v) is 7.29. The van der Waals surface area contributed by atoms with Crippen molar-refractivity contribution in [2.45, 2.75) is 54.5 Å². The molecule has 2 fully saturated rings. The van der Waals surface area contributed by atoms with E-state index in [0.29, 0.717) is 13.2 Å². The van der Waals surface area contributed by atoms with E-state index >= 15 is 0 Å². The topological polar surface area (TPSA) is 85.7 Å². The van der Waals surface area contributed by atoms with Crippen molar-refractivity contribution in [2.24, 2.45) is 5.11 Å². The fourth-order valence-electron chi connectivity index (χ4n) is 4.33. The molecule has 3 aromatic rings. The predicted octanol–water partition coefficient (Wildman–Crippen LogP) is 6.19. The highest BCUT2D eigenvalue weighted by Gasteiger charge is 2.50. The van der Waals surface area contributed by atoms with E-state index in [2.05, 4.69) is 22.2 Å². The van der Waals surface area contributed by atoms with Gasteiger partial charge in [0, 0.05) is 15.4 Å². The molecule has 0 aromatic heterocycles. The Labute approximate surface area is 209 Å². The van der Waals surface area contributed by atoms with Gasteiger partial charge in [0.25, 0.3) is 0 Å². The molecule has 5 rings (SSSR count). The second kappa shape index (κ2) is 11.3. The Kier molecular flexibility index (Phi) is 7.69. The SMILES string of the molecule is Cc1ccc(SC2O[C@@H]3CO[C@@H](c4ccccc4)O[C@H]3[C@H](OCc3ccccc3)[C@H]2N=[N+]=[N-])cc1. The summed E-state index contributed by atoms with van der Waals surface area (Å²) in [6.45, 7) is 2.77. The van der Waals surface area contributed by atoms with Gasteiger partial charge in [-0.3, -0.25) is 0 Å². The number of aryl methyl sites for hydroxylation is 1. The maximum atomic E-state index is 9.44. The lowest BCUT2D eigenvalue weighted by Crippen LogP contribution is -2.61. The van der Waals surface area contributed by atoms with Gasteiger partial charge in [-0.15, -0.1) is 0 Å². The number of azide groups is 1. The molecule has 0 saturated carbocycles. The Bertz CT molecular complexity index is 1140. The van der Waals surface area contributed by atoms with Gasteiger partial charge in [-0.25, -0.2) is 0 Å². The van der Waals surface area contributed by atoms with Crippen molar-refractivity contribution >= 4 is 11.8 Å². The predicted molar refractivity (Wildman–Crippen MR) is 134 cm³/mol. The Morgan fingerprint density at radius 2 is 1.69 bits per heavy atom.